The van der Waals surface area contributed by atoms with E-state index >= 15 is 0 Å². The predicted octanol–water partition coefficient (Wildman–Crippen LogP) is 2.77. The Morgan fingerprint density at radius 1 is 0.870 bits per heavy atom. The first-order valence-electron chi connectivity index (χ1n) is 9.49. The van der Waals surface area contributed by atoms with Gasteiger partial charge in [0.1, 0.15) is 24.4 Å². The topological polar surface area (TPSA) is 68.2 Å². The van der Waals surface area contributed by atoms with Gasteiger partial charge >= 0.3 is 0 Å². The molecule has 2 bridgehead atoms. The summed E-state index contributed by atoms with van der Waals surface area (Å²) in [4.78, 5) is 0. The Morgan fingerprint density at radius 2 is 1.48 bits per heavy atom. The van der Waals surface area contributed by atoms with Crippen LogP contribution in [-0.2, 0) is 14.2 Å². The Labute approximate surface area is 140 Å². The maximum atomic E-state index is 10.0. The number of fused-ring (bicyclic) bond motifs is 2. The van der Waals surface area contributed by atoms with Crippen molar-refractivity contribution in [2.75, 3.05) is 13.2 Å². The van der Waals surface area contributed by atoms with Crippen LogP contribution in [0.5, 0.6) is 0 Å². The summed E-state index contributed by atoms with van der Waals surface area (Å²) < 4.78 is 16.5. The Kier molecular flexibility index (Phi) is 8.83. The van der Waals surface area contributed by atoms with Crippen LogP contribution in [0.25, 0.3) is 0 Å². The highest BCUT2D eigenvalue weighted by molar-refractivity contribution is 4.93. The maximum absolute atomic E-state index is 10.0. The van der Waals surface area contributed by atoms with Gasteiger partial charge in [0.25, 0.3) is 0 Å². The molecule has 0 aromatic rings. The van der Waals surface area contributed by atoms with Gasteiger partial charge in [-0.05, 0) is 6.42 Å². The van der Waals surface area contributed by atoms with E-state index in [1.807, 2.05) is 0 Å². The van der Waals surface area contributed by atoms with Crippen LogP contribution in [0.3, 0.4) is 0 Å². The summed E-state index contributed by atoms with van der Waals surface area (Å²) in [7, 11) is 0. The lowest BCUT2D eigenvalue weighted by molar-refractivity contribution is -0.238. The van der Waals surface area contributed by atoms with Gasteiger partial charge < -0.3 is 24.4 Å². The molecule has 2 aliphatic heterocycles. The van der Waals surface area contributed by atoms with Crippen LogP contribution in [0.2, 0.25) is 0 Å². The van der Waals surface area contributed by atoms with Gasteiger partial charge in [-0.3, -0.25) is 0 Å². The fourth-order valence-electron chi connectivity index (χ4n) is 3.38. The van der Waals surface area contributed by atoms with Crippen molar-refractivity contribution in [3.63, 3.8) is 0 Å². The van der Waals surface area contributed by atoms with Gasteiger partial charge in [0.2, 0.25) is 0 Å². The highest BCUT2D eigenvalue weighted by Gasteiger charge is 2.50. The molecule has 0 radical (unpaired) electrons. The maximum Gasteiger partial charge on any atom is 0.186 e. The lowest BCUT2D eigenvalue weighted by atomic mass is 10.0. The van der Waals surface area contributed by atoms with E-state index < -0.39 is 24.6 Å². The summed E-state index contributed by atoms with van der Waals surface area (Å²) in [6.07, 6.45) is 9.52. The van der Waals surface area contributed by atoms with Crippen molar-refractivity contribution in [1.29, 1.82) is 0 Å². The van der Waals surface area contributed by atoms with E-state index in [9.17, 15) is 10.2 Å². The fraction of sp³-hybridized carbons (Fsp3) is 1.00. The molecule has 23 heavy (non-hydrogen) atoms. The number of aliphatic hydroxyl groups excluding tert-OH is 2. The average Bonchev–Trinajstić information content (AvgIpc) is 3.00. The molecule has 5 atom stereocenters. The van der Waals surface area contributed by atoms with Crippen LogP contribution < -0.4 is 0 Å². The third-order valence-corrected chi connectivity index (χ3v) is 4.87. The van der Waals surface area contributed by atoms with Gasteiger partial charge in [-0.25, -0.2) is 0 Å². The third kappa shape index (κ3) is 5.98. The van der Waals surface area contributed by atoms with Gasteiger partial charge in [-0.15, -0.1) is 0 Å². The molecule has 2 aliphatic rings. The molecule has 0 saturated carbocycles. The van der Waals surface area contributed by atoms with Crippen LogP contribution in [0.1, 0.15) is 71.1 Å². The van der Waals surface area contributed by atoms with E-state index in [0.29, 0.717) is 13.2 Å². The normalized spacial score (nSPS) is 33.3. The second-order valence-corrected chi connectivity index (χ2v) is 6.87. The molecule has 136 valence electrons. The smallest absolute Gasteiger partial charge is 0.186 e. The summed E-state index contributed by atoms with van der Waals surface area (Å²) in [5.74, 6) is 0. The van der Waals surface area contributed by atoms with Crippen LogP contribution in [0.4, 0.5) is 0 Å². The average molecular weight is 330 g/mol. The largest absolute Gasteiger partial charge is 0.387 e. The molecule has 0 aromatic heterocycles. The van der Waals surface area contributed by atoms with Crippen LogP contribution in [-0.4, -0.2) is 54.1 Å². The Bertz CT molecular complexity index is 312. The zero-order chi connectivity index (χ0) is 16.5. The fourth-order valence-corrected chi connectivity index (χ4v) is 3.38. The summed E-state index contributed by atoms with van der Waals surface area (Å²) in [5, 5.41) is 19.9. The van der Waals surface area contributed by atoms with Gasteiger partial charge in [0.05, 0.1) is 6.61 Å². The molecular weight excluding hydrogens is 296 g/mol. The molecule has 5 heteroatoms. The minimum Gasteiger partial charge on any atom is -0.387 e. The molecule has 5 nitrogen and oxygen atoms in total. The van der Waals surface area contributed by atoms with Crippen molar-refractivity contribution < 1.29 is 24.4 Å². The molecule has 1 unspecified atom stereocenters. The van der Waals surface area contributed by atoms with E-state index in [0.717, 1.165) is 12.8 Å². The van der Waals surface area contributed by atoms with E-state index in [-0.39, 0.29) is 6.10 Å². The summed E-state index contributed by atoms with van der Waals surface area (Å²) in [6, 6.07) is 0. The van der Waals surface area contributed by atoms with Crippen molar-refractivity contribution in [2.24, 2.45) is 0 Å². The molecule has 0 spiro atoms. The number of hydrogen-bond acceptors (Lipinski definition) is 5. The lowest BCUT2D eigenvalue weighted by Gasteiger charge is -2.35. The third-order valence-electron chi connectivity index (χ3n) is 4.87. The Balaban J connectivity index is 1.45. The molecule has 0 aromatic carbocycles. The highest BCUT2D eigenvalue weighted by atomic mass is 16.7. The van der Waals surface area contributed by atoms with Gasteiger partial charge in [0.15, 0.2) is 6.29 Å². The number of aliphatic hydroxyl groups is 2. The molecule has 2 N–H and O–H groups in total. The summed E-state index contributed by atoms with van der Waals surface area (Å²) in [6.45, 7) is 3.25. The number of unbranched alkanes of at least 4 members (excludes halogenated alkanes) is 9. The van der Waals surface area contributed by atoms with Crippen LogP contribution in [0.15, 0.2) is 0 Å². The first-order valence-corrected chi connectivity index (χ1v) is 9.49. The number of hydrogen-bond donors (Lipinski definition) is 2. The predicted molar refractivity (Wildman–Crippen MR) is 88.2 cm³/mol. The van der Waals surface area contributed by atoms with Gasteiger partial charge in [0, 0.05) is 6.61 Å². The first-order chi connectivity index (χ1) is 11.2. The zero-order valence-electron chi connectivity index (χ0n) is 14.5. The van der Waals surface area contributed by atoms with Crippen molar-refractivity contribution in [1.82, 2.24) is 0 Å². The lowest BCUT2D eigenvalue weighted by Crippen LogP contribution is -2.54. The number of rotatable bonds is 12. The van der Waals surface area contributed by atoms with Crippen molar-refractivity contribution >= 4 is 0 Å². The van der Waals surface area contributed by atoms with Gasteiger partial charge in [-0.2, -0.15) is 0 Å². The SMILES string of the molecule is CCCCCCCCCCCCO[C@H]1[C@H](O)[C@@H](O)C2OC[C@H]1O2. The monoisotopic (exact) mass is 330 g/mol. The van der Waals surface area contributed by atoms with Crippen molar-refractivity contribution in [3.8, 4) is 0 Å². The molecule has 2 saturated heterocycles. The number of ether oxygens (including phenoxy) is 3. The minimum absolute atomic E-state index is 0.249. The quantitative estimate of drug-likeness (QED) is 0.539. The molecule has 0 aliphatic carbocycles. The van der Waals surface area contributed by atoms with Crippen LogP contribution in [0, 0.1) is 0 Å². The Hall–Kier alpha value is -0.200. The molecule has 2 rings (SSSR count). The van der Waals surface area contributed by atoms with E-state index in [1.165, 1.54) is 51.4 Å². The standard InChI is InChI=1S/C18H34O5/c1-2-3-4-5-6-7-8-9-10-11-12-21-17-14-13-22-18(23-14)16(20)15(17)19/h14-20H,2-13H2,1H3/t14-,15-,16-,17-,18?/m1/s1. The van der Waals surface area contributed by atoms with Crippen molar-refractivity contribution in [2.45, 2.75) is 102 Å². The first kappa shape index (κ1) is 19.1. The van der Waals surface area contributed by atoms with Crippen molar-refractivity contribution in [3.05, 3.63) is 0 Å². The molecule has 2 fully saturated rings. The zero-order valence-corrected chi connectivity index (χ0v) is 14.5. The molecule has 0 amide bonds. The van der Waals surface area contributed by atoms with E-state index in [4.69, 9.17) is 14.2 Å². The van der Waals surface area contributed by atoms with E-state index in [2.05, 4.69) is 6.92 Å². The van der Waals surface area contributed by atoms with Crippen LogP contribution >= 0.6 is 0 Å². The molecule has 2 heterocycles. The second kappa shape index (κ2) is 10.6. The van der Waals surface area contributed by atoms with Gasteiger partial charge in [-0.1, -0.05) is 64.7 Å². The Morgan fingerprint density at radius 3 is 2.13 bits per heavy atom. The summed E-state index contributed by atoms with van der Waals surface area (Å²) >= 11 is 0. The van der Waals surface area contributed by atoms with E-state index in [1.54, 1.807) is 0 Å². The minimum atomic E-state index is -1.01. The second-order valence-electron chi connectivity index (χ2n) is 6.87. The highest BCUT2D eigenvalue weighted by Crippen LogP contribution is 2.30. The summed E-state index contributed by atoms with van der Waals surface area (Å²) in [5.41, 5.74) is 0. The molecular formula is C18H34O5.